The number of rotatable bonds is 3. The minimum Gasteiger partial charge on any atom is -0.506 e. The monoisotopic (exact) mass is 291 g/mol. The molecular weight excluding hydrogens is 273 g/mol. The lowest BCUT2D eigenvalue weighted by atomic mass is 9.89. The SMILES string of the molecule is CC1(C)OB(/C=C/c2nc(C(=O)O)ccc2O)OC1(C)C. The largest absolute Gasteiger partial charge is 0.506 e. The number of hydrogen-bond acceptors (Lipinski definition) is 5. The van der Waals surface area contributed by atoms with Gasteiger partial charge in [-0.3, -0.25) is 0 Å². The summed E-state index contributed by atoms with van der Waals surface area (Å²) in [7, 11) is -0.579. The van der Waals surface area contributed by atoms with Crippen molar-refractivity contribution in [2.45, 2.75) is 38.9 Å². The van der Waals surface area contributed by atoms with E-state index in [1.54, 1.807) is 5.98 Å². The molecule has 1 fully saturated rings. The van der Waals surface area contributed by atoms with Crippen molar-refractivity contribution in [3.8, 4) is 5.75 Å². The summed E-state index contributed by atoms with van der Waals surface area (Å²) >= 11 is 0. The van der Waals surface area contributed by atoms with Crippen LogP contribution < -0.4 is 0 Å². The van der Waals surface area contributed by atoms with E-state index in [-0.39, 0.29) is 17.1 Å². The summed E-state index contributed by atoms with van der Waals surface area (Å²) in [5, 5.41) is 18.6. The number of hydrogen-bond donors (Lipinski definition) is 2. The molecule has 7 heteroatoms. The maximum Gasteiger partial charge on any atom is 0.487 e. The average Bonchev–Trinajstić information content (AvgIpc) is 2.56. The smallest absolute Gasteiger partial charge is 0.487 e. The van der Waals surface area contributed by atoms with Crippen LogP contribution in [0.25, 0.3) is 6.08 Å². The van der Waals surface area contributed by atoms with Gasteiger partial charge in [-0.1, -0.05) is 5.98 Å². The highest BCUT2D eigenvalue weighted by molar-refractivity contribution is 6.52. The topological polar surface area (TPSA) is 88.9 Å². The second kappa shape index (κ2) is 5.16. The van der Waals surface area contributed by atoms with Gasteiger partial charge in [0.15, 0.2) is 0 Å². The molecule has 2 N–H and O–H groups in total. The van der Waals surface area contributed by atoms with Gasteiger partial charge >= 0.3 is 13.1 Å². The maximum atomic E-state index is 10.9. The first kappa shape index (κ1) is 15.5. The molecule has 0 saturated carbocycles. The lowest BCUT2D eigenvalue weighted by Gasteiger charge is -2.32. The summed E-state index contributed by atoms with van der Waals surface area (Å²) < 4.78 is 11.5. The van der Waals surface area contributed by atoms with Crippen molar-refractivity contribution >= 4 is 19.2 Å². The molecule has 21 heavy (non-hydrogen) atoms. The predicted octanol–water partition coefficient (Wildman–Crippen LogP) is 2.13. The molecule has 6 nitrogen and oxygen atoms in total. The van der Waals surface area contributed by atoms with Crippen LogP contribution >= 0.6 is 0 Å². The van der Waals surface area contributed by atoms with Crippen LogP contribution in [0.4, 0.5) is 0 Å². The highest BCUT2D eigenvalue weighted by atomic mass is 16.7. The van der Waals surface area contributed by atoms with Gasteiger partial charge in [0.05, 0.1) is 11.2 Å². The van der Waals surface area contributed by atoms with Crippen LogP contribution in [-0.2, 0) is 9.31 Å². The minimum atomic E-state index is -1.15. The average molecular weight is 291 g/mol. The molecule has 2 heterocycles. The molecule has 0 bridgehead atoms. The first-order chi connectivity index (χ1) is 9.62. The zero-order chi connectivity index (χ0) is 15.8. The van der Waals surface area contributed by atoms with Crippen molar-refractivity contribution in [2.75, 3.05) is 0 Å². The maximum absolute atomic E-state index is 10.9. The molecule has 0 aliphatic carbocycles. The first-order valence-electron chi connectivity index (χ1n) is 6.59. The summed E-state index contributed by atoms with van der Waals surface area (Å²) in [6.07, 6.45) is 1.49. The quantitative estimate of drug-likeness (QED) is 0.829. The fourth-order valence-corrected chi connectivity index (χ4v) is 1.85. The van der Waals surface area contributed by atoms with Crippen molar-refractivity contribution < 1.29 is 24.3 Å². The van der Waals surface area contributed by atoms with Gasteiger partial charge in [0.2, 0.25) is 0 Å². The van der Waals surface area contributed by atoms with Crippen LogP contribution in [0.2, 0.25) is 0 Å². The molecule has 0 amide bonds. The molecule has 1 aliphatic heterocycles. The molecule has 1 aromatic rings. The summed E-state index contributed by atoms with van der Waals surface area (Å²) in [5.41, 5.74) is -0.896. The number of carboxylic acid groups (broad SMARTS) is 1. The van der Waals surface area contributed by atoms with E-state index in [9.17, 15) is 9.90 Å². The third-order valence-corrected chi connectivity index (χ3v) is 3.80. The fourth-order valence-electron chi connectivity index (χ4n) is 1.85. The Labute approximate surface area is 123 Å². The zero-order valence-corrected chi connectivity index (χ0v) is 12.5. The number of pyridine rings is 1. The number of aromatic carboxylic acids is 1. The van der Waals surface area contributed by atoms with Gasteiger partial charge in [0.25, 0.3) is 0 Å². The number of nitrogens with zero attached hydrogens (tertiary/aromatic N) is 1. The van der Waals surface area contributed by atoms with Crippen LogP contribution in [0, 0.1) is 0 Å². The Bertz CT molecular complexity index is 581. The Morgan fingerprint density at radius 1 is 1.24 bits per heavy atom. The van der Waals surface area contributed by atoms with E-state index in [1.807, 2.05) is 27.7 Å². The molecule has 1 aromatic heterocycles. The summed E-state index contributed by atoms with van der Waals surface area (Å²) in [5.74, 6) is 0.345. The molecule has 0 unspecified atom stereocenters. The molecule has 0 atom stereocenters. The van der Waals surface area contributed by atoms with Gasteiger partial charge in [0, 0.05) is 0 Å². The van der Waals surface area contributed by atoms with E-state index < -0.39 is 24.3 Å². The Hall–Kier alpha value is -1.86. The van der Waals surface area contributed by atoms with Crippen molar-refractivity contribution in [1.82, 2.24) is 4.98 Å². The van der Waals surface area contributed by atoms with Gasteiger partial charge in [-0.25, -0.2) is 9.78 Å². The fraction of sp³-hybridized carbons (Fsp3) is 0.429. The van der Waals surface area contributed by atoms with E-state index >= 15 is 0 Å². The normalized spacial score (nSPS) is 20.1. The van der Waals surface area contributed by atoms with Gasteiger partial charge in [-0.05, 0) is 45.9 Å². The van der Waals surface area contributed by atoms with Crippen molar-refractivity contribution in [2.24, 2.45) is 0 Å². The van der Waals surface area contributed by atoms with Gasteiger partial charge < -0.3 is 19.5 Å². The molecule has 2 rings (SSSR count). The molecule has 0 aromatic carbocycles. The standard InChI is InChI=1S/C14H18BNO5/c1-13(2)14(3,4)21-15(20-13)8-7-9-11(17)6-5-10(16-9)12(18)19/h5-8,17H,1-4H3,(H,18,19)/b8-7+. The molecule has 0 radical (unpaired) electrons. The molecule has 0 spiro atoms. The van der Waals surface area contributed by atoms with Gasteiger partial charge in [-0.15, -0.1) is 0 Å². The van der Waals surface area contributed by atoms with Crippen LogP contribution in [0.3, 0.4) is 0 Å². The molecular formula is C14H18BNO5. The predicted molar refractivity (Wildman–Crippen MR) is 78.0 cm³/mol. The van der Waals surface area contributed by atoms with Gasteiger partial charge in [-0.2, -0.15) is 0 Å². The second-order valence-corrected chi connectivity index (χ2v) is 5.89. The number of aromatic nitrogens is 1. The molecule has 112 valence electrons. The number of carboxylic acids is 1. The molecule has 1 aliphatic rings. The lowest BCUT2D eigenvalue weighted by Crippen LogP contribution is -2.41. The minimum absolute atomic E-state index is 0.104. The van der Waals surface area contributed by atoms with Crippen molar-refractivity contribution in [1.29, 1.82) is 0 Å². The summed E-state index contributed by atoms with van der Waals surface area (Å²) in [6.45, 7) is 7.73. The Balaban J connectivity index is 2.20. The molecule has 1 saturated heterocycles. The van der Waals surface area contributed by atoms with E-state index in [1.165, 1.54) is 18.2 Å². The Morgan fingerprint density at radius 3 is 2.33 bits per heavy atom. The third kappa shape index (κ3) is 3.09. The number of carbonyl (C=O) groups is 1. The van der Waals surface area contributed by atoms with Gasteiger partial charge in [0.1, 0.15) is 17.1 Å². The summed E-state index contributed by atoms with van der Waals surface area (Å²) in [6, 6.07) is 2.53. The van der Waals surface area contributed by atoms with Crippen LogP contribution in [0.1, 0.15) is 43.9 Å². The Kier molecular flexibility index (Phi) is 3.82. The Morgan fingerprint density at radius 2 is 1.81 bits per heavy atom. The third-order valence-electron chi connectivity index (χ3n) is 3.80. The number of aromatic hydroxyl groups is 1. The van der Waals surface area contributed by atoms with Crippen molar-refractivity contribution in [3.05, 3.63) is 29.5 Å². The van der Waals surface area contributed by atoms with E-state index in [2.05, 4.69) is 4.98 Å². The van der Waals surface area contributed by atoms with Crippen molar-refractivity contribution in [3.63, 3.8) is 0 Å². The zero-order valence-electron chi connectivity index (χ0n) is 12.5. The van der Waals surface area contributed by atoms with E-state index in [4.69, 9.17) is 14.4 Å². The van der Waals surface area contributed by atoms with E-state index in [0.29, 0.717) is 0 Å². The van der Waals surface area contributed by atoms with Crippen LogP contribution in [-0.4, -0.2) is 39.5 Å². The second-order valence-electron chi connectivity index (χ2n) is 5.89. The van der Waals surface area contributed by atoms with Crippen LogP contribution in [0.5, 0.6) is 5.75 Å². The lowest BCUT2D eigenvalue weighted by molar-refractivity contribution is 0.00578. The highest BCUT2D eigenvalue weighted by Gasteiger charge is 2.50. The van der Waals surface area contributed by atoms with E-state index in [0.717, 1.165) is 0 Å². The summed E-state index contributed by atoms with van der Waals surface area (Å²) in [4.78, 5) is 14.7. The highest BCUT2D eigenvalue weighted by Crippen LogP contribution is 2.37. The van der Waals surface area contributed by atoms with Crippen LogP contribution in [0.15, 0.2) is 18.1 Å². The first-order valence-corrected chi connectivity index (χ1v) is 6.59.